The van der Waals surface area contributed by atoms with Gasteiger partial charge in [0.15, 0.2) is 0 Å². The number of benzene rings is 1. The van der Waals surface area contributed by atoms with E-state index in [2.05, 4.69) is 34.1 Å². The molecule has 2 rings (SSSR count). The Labute approximate surface area is 106 Å². The van der Waals surface area contributed by atoms with Crippen LogP contribution < -0.4 is 4.74 Å². The highest BCUT2D eigenvalue weighted by atomic mass is 79.9. The molecule has 0 spiro atoms. The molecule has 0 N–H and O–H groups in total. The lowest BCUT2D eigenvalue weighted by Gasteiger charge is -2.25. The van der Waals surface area contributed by atoms with Crippen LogP contribution >= 0.6 is 15.9 Å². The molecule has 2 heteroatoms. The van der Waals surface area contributed by atoms with E-state index in [0.29, 0.717) is 0 Å². The number of ether oxygens (including phenoxy) is 1. The highest BCUT2D eigenvalue weighted by molar-refractivity contribution is 9.09. The van der Waals surface area contributed by atoms with Gasteiger partial charge in [0.1, 0.15) is 5.75 Å². The molecule has 1 atom stereocenters. The van der Waals surface area contributed by atoms with Crippen LogP contribution in [0.25, 0.3) is 0 Å². The molecule has 1 aromatic carbocycles. The van der Waals surface area contributed by atoms with Crippen LogP contribution in [0.2, 0.25) is 0 Å². The van der Waals surface area contributed by atoms with Gasteiger partial charge in [0.2, 0.25) is 0 Å². The van der Waals surface area contributed by atoms with Crippen molar-refractivity contribution in [3.05, 3.63) is 29.3 Å². The van der Waals surface area contributed by atoms with Gasteiger partial charge < -0.3 is 4.74 Å². The average molecular weight is 283 g/mol. The maximum atomic E-state index is 5.29. The molecule has 0 aromatic heterocycles. The van der Waals surface area contributed by atoms with Crippen LogP contribution in [0.4, 0.5) is 0 Å². The minimum atomic E-state index is 0.771. The zero-order valence-corrected chi connectivity index (χ0v) is 11.4. The van der Waals surface area contributed by atoms with Gasteiger partial charge in [-0.3, -0.25) is 0 Å². The number of hydrogen-bond acceptors (Lipinski definition) is 1. The van der Waals surface area contributed by atoms with E-state index in [-0.39, 0.29) is 0 Å². The van der Waals surface area contributed by atoms with Gasteiger partial charge in [-0.25, -0.2) is 0 Å². The molecular formula is C14H19BrO. The Hall–Kier alpha value is -0.500. The third kappa shape index (κ3) is 2.60. The fourth-order valence-electron chi connectivity index (χ4n) is 2.64. The summed E-state index contributed by atoms with van der Waals surface area (Å²) in [4.78, 5) is 0. The van der Waals surface area contributed by atoms with E-state index in [0.717, 1.165) is 17.0 Å². The highest BCUT2D eigenvalue weighted by Crippen LogP contribution is 2.36. The van der Waals surface area contributed by atoms with Crippen LogP contribution in [0.15, 0.2) is 18.2 Å². The van der Waals surface area contributed by atoms with Crippen molar-refractivity contribution in [3.63, 3.8) is 0 Å². The van der Waals surface area contributed by atoms with E-state index < -0.39 is 0 Å². The minimum Gasteiger partial charge on any atom is -0.497 e. The molecule has 0 bridgehead atoms. The quantitative estimate of drug-likeness (QED) is 0.749. The summed E-state index contributed by atoms with van der Waals surface area (Å²) < 4.78 is 5.29. The summed E-state index contributed by atoms with van der Waals surface area (Å²) in [5.41, 5.74) is 3.07. The molecule has 0 saturated heterocycles. The minimum absolute atomic E-state index is 0.771. The Balaban J connectivity index is 2.18. The Morgan fingerprint density at radius 2 is 2.31 bits per heavy atom. The van der Waals surface area contributed by atoms with Crippen molar-refractivity contribution in [2.75, 3.05) is 12.4 Å². The van der Waals surface area contributed by atoms with E-state index in [1.807, 2.05) is 0 Å². The van der Waals surface area contributed by atoms with E-state index >= 15 is 0 Å². The SMILES string of the molecule is COc1ccc2c(c1)CCC[C@@H]2CCCBr. The summed E-state index contributed by atoms with van der Waals surface area (Å²) in [6.45, 7) is 0. The van der Waals surface area contributed by atoms with Crippen LogP contribution in [-0.2, 0) is 6.42 Å². The molecule has 0 saturated carbocycles. The molecule has 1 aromatic rings. The van der Waals surface area contributed by atoms with Gasteiger partial charge in [0, 0.05) is 5.33 Å². The normalized spacial score (nSPS) is 19.2. The molecule has 0 heterocycles. The fourth-order valence-corrected chi connectivity index (χ4v) is 2.97. The topological polar surface area (TPSA) is 9.23 Å². The lowest BCUT2D eigenvalue weighted by Crippen LogP contribution is -2.10. The number of hydrogen-bond donors (Lipinski definition) is 0. The van der Waals surface area contributed by atoms with Crippen LogP contribution in [0.3, 0.4) is 0 Å². The van der Waals surface area contributed by atoms with Gasteiger partial charge in [-0.2, -0.15) is 0 Å². The molecule has 0 aliphatic heterocycles. The number of aryl methyl sites for hydroxylation is 1. The van der Waals surface area contributed by atoms with Crippen molar-refractivity contribution in [2.24, 2.45) is 0 Å². The molecule has 0 amide bonds. The zero-order valence-electron chi connectivity index (χ0n) is 9.84. The zero-order chi connectivity index (χ0) is 11.4. The number of halogens is 1. The fraction of sp³-hybridized carbons (Fsp3) is 0.571. The second kappa shape index (κ2) is 5.72. The lowest BCUT2D eigenvalue weighted by molar-refractivity contribution is 0.412. The Bertz CT molecular complexity index is 349. The van der Waals surface area contributed by atoms with Crippen molar-refractivity contribution in [1.82, 2.24) is 0 Å². The predicted octanol–water partition coefficient (Wildman–Crippen LogP) is 4.29. The van der Waals surface area contributed by atoms with Crippen LogP contribution in [0, 0.1) is 0 Å². The average Bonchev–Trinajstić information content (AvgIpc) is 2.35. The second-order valence-corrected chi connectivity index (χ2v) is 5.28. The smallest absolute Gasteiger partial charge is 0.119 e. The first kappa shape index (κ1) is 12.0. The second-order valence-electron chi connectivity index (χ2n) is 4.49. The molecule has 1 nitrogen and oxygen atoms in total. The molecule has 0 unspecified atom stereocenters. The third-order valence-corrected chi connectivity index (χ3v) is 4.04. The first-order valence-corrected chi connectivity index (χ1v) is 7.20. The van der Waals surface area contributed by atoms with Gasteiger partial charge in [-0.1, -0.05) is 22.0 Å². The Morgan fingerprint density at radius 1 is 1.44 bits per heavy atom. The summed E-state index contributed by atoms with van der Waals surface area (Å²) in [5.74, 6) is 1.77. The summed E-state index contributed by atoms with van der Waals surface area (Å²) in [6.07, 6.45) is 6.48. The first-order chi connectivity index (χ1) is 7.85. The number of fused-ring (bicyclic) bond motifs is 1. The van der Waals surface area contributed by atoms with Crippen LogP contribution in [0.5, 0.6) is 5.75 Å². The third-order valence-electron chi connectivity index (χ3n) is 3.47. The van der Waals surface area contributed by atoms with Crippen molar-refractivity contribution in [1.29, 1.82) is 0 Å². The Morgan fingerprint density at radius 3 is 3.06 bits per heavy atom. The van der Waals surface area contributed by atoms with Gasteiger partial charge in [0.25, 0.3) is 0 Å². The highest BCUT2D eigenvalue weighted by Gasteiger charge is 2.19. The number of alkyl halides is 1. The standard InChI is InChI=1S/C14H19BrO/c1-16-13-7-8-14-11(6-3-9-15)4-2-5-12(14)10-13/h7-8,10-11H,2-6,9H2,1H3/t11-/m1/s1. The maximum Gasteiger partial charge on any atom is 0.119 e. The van der Waals surface area contributed by atoms with Crippen LogP contribution in [-0.4, -0.2) is 12.4 Å². The molecule has 0 radical (unpaired) electrons. The Kier molecular flexibility index (Phi) is 4.28. The molecular weight excluding hydrogens is 264 g/mol. The largest absolute Gasteiger partial charge is 0.497 e. The number of rotatable bonds is 4. The van der Waals surface area contributed by atoms with Crippen molar-refractivity contribution in [2.45, 2.75) is 38.0 Å². The van der Waals surface area contributed by atoms with Gasteiger partial charge in [-0.05, 0) is 61.3 Å². The van der Waals surface area contributed by atoms with Crippen molar-refractivity contribution >= 4 is 15.9 Å². The van der Waals surface area contributed by atoms with E-state index in [9.17, 15) is 0 Å². The molecule has 16 heavy (non-hydrogen) atoms. The van der Waals surface area contributed by atoms with E-state index in [4.69, 9.17) is 4.74 Å². The molecule has 1 aliphatic rings. The van der Waals surface area contributed by atoms with Gasteiger partial charge in [0.05, 0.1) is 7.11 Å². The predicted molar refractivity (Wildman–Crippen MR) is 71.7 cm³/mol. The van der Waals surface area contributed by atoms with Crippen LogP contribution in [0.1, 0.15) is 42.7 Å². The van der Waals surface area contributed by atoms with E-state index in [1.165, 1.54) is 37.7 Å². The van der Waals surface area contributed by atoms with Crippen molar-refractivity contribution in [3.8, 4) is 5.75 Å². The summed E-state index contributed by atoms with van der Waals surface area (Å²) in [6, 6.07) is 6.59. The van der Waals surface area contributed by atoms with Gasteiger partial charge in [-0.15, -0.1) is 0 Å². The van der Waals surface area contributed by atoms with Crippen molar-refractivity contribution < 1.29 is 4.74 Å². The van der Waals surface area contributed by atoms with E-state index in [1.54, 1.807) is 12.7 Å². The monoisotopic (exact) mass is 282 g/mol. The number of methoxy groups -OCH3 is 1. The molecule has 0 fully saturated rings. The summed E-state index contributed by atoms with van der Waals surface area (Å²) >= 11 is 3.52. The molecule has 1 aliphatic carbocycles. The summed E-state index contributed by atoms with van der Waals surface area (Å²) in [7, 11) is 1.74. The maximum absolute atomic E-state index is 5.29. The van der Waals surface area contributed by atoms with Gasteiger partial charge >= 0.3 is 0 Å². The summed E-state index contributed by atoms with van der Waals surface area (Å²) in [5, 5.41) is 1.12. The lowest BCUT2D eigenvalue weighted by atomic mass is 9.80. The first-order valence-electron chi connectivity index (χ1n) is 6.08. The molecule has 88 valence electrons.